The van der Waals surface area contributed by atoms with E-state index >= 15 is 0 Å². The molecule has 0 aliphatic rings. The minimum absolute atomic E-state index is 0.686. The molecule has 0 fully saturated rings. The van der Waals surface area contributed by atoms with E-state index in [-0.39, 0.29) is 0 Å². The third kappa shape index (κ3) is 2.08. The topological polar surface area (TPSA) is 68.8 Å². The van der Waals surface area contributed by atoms with E-state index in [9.17, 15) is 5.11 Å². The zero-order valence-electron chi connectivity index (χ0n) is 10.3. The van der Waals surface area contributed by atoms with E-state index in [0.29, 0.717) is 12.2 Å². The van der Waals surface area contributed by atoms with Gasteiger partial charge < -0.3 is 5.11 Å². The van der Waals surface area contributed by atoms with E-state index in [0.717, 1.165) is 17.9 Å². The standard InChI is InChI=1S/C11H17N5O/c1-4-15-9(6-8(3)13-15)11(17)10-7-12-14-16(10)5-2/h6-7,11,17H,4-5H2,1-3H3. The maximum atomic E-state index is 10.4. The highest BCUT2D eigenvalue weighted by Gasteiger charge is 2.20. The second-order valence-corrected chi connectivity index (χ2v) is 3.90. The van der Waals surface area contributed by atoms with Crippen molar-refractivity contribution in [3.63, 3.8) is 0 Å². The number of rotatable bonds is 4. The summed E-state index contributed by atoms with van der Waals surface area (Å²) >= 11 is 0. The number of aryl methyl sites for hydroxylation is 3. The summed E-state index contributed by atoms with van der Waals surface area (Å²) in [5.41, 5.74) is 2.38. The van der Waals surface area contributed by atoms with Crippen LogP contribution in [-0.2, 0) is 13.1 Å². The number of aliphatic hydroxyl groups excluding tert-OH is 1. The first-order valence-electron chi connectivity index (χ1n) is 5.78. The number of aliphatic hydroxyl groups is 1. The van der Waals surface area contributed by atoms with Gasteiger partial charge in [0, 0.05) is 13.1 Å². The molecule has 2 heterocycles. The summed E-state index contributed by atoms with van der Waals surface area (Å²) in [6.07, 6.45) is 0.863. The Hall–Kier alpha value is -1.69. The molecule has 2 aromatic rings. The Morgan fingerprint density at radius 2 is 1.94 bits per heavy atom. The first kappa shape index (κ1) is 11.8. The Bertz CT molecular complexity index is 502. The van der Waals surface area contributed by atoms with Crippen molar-refractivity contribution in [2.24, 2.45) is 0 Å². The highest BCUT2D eigenvalue weighted by Crippen LogP contribution is 2.21. The first-order chi connectivity index (χ1) is 8.17. The molecule has 1 N–H and O–H groups in total. The van der Waals surface area contributed by atoms with E-state index in [1.54, 1.807) is 15.6 Å². The predicted molar refractivity (Wildman–Crippen MR) is 62.4 cm³/mol. The molecule has 0 spiro atoms. The molecule has 1 atom stereocenters. The summed E-state index contributed by atoms with van der Waals surface area (Å²) in [5, 5.41) is 22.4. The second kappa shape index (κ2) is 4.67. The molecule has 6 heteroatoms. The van der Waals surface area contributed by atoms with Gasteiger partial charge in [0.05, 0.1) is 23.3 Å². The Kier molecular flexibility index (Phi) is 3.23. The molecule has 0 amide bonds. The van der Waals surface area contributed by atoms with Crippen molar-refractivity contribution < 1.29 is 5.11 Å². The molecule has 92 valence electrons. The van der Waals surface area contributed by atoms with Crippen LogP contribution in [0, 0.1) is 6.92 Å². The summed E-state index contributed by atoms with van der Waals surface area (Å²) in [4.78, 5) is 0. The molecule has 0 aromatic carbocycles. The molecule has 0 saturated carbocycles. The minimum atomic E-state index is -0.730. The van der Waals surface area contributed by atoms with Crippen LogP contribution in [0.5, 0.6) is 0 Å². The van der Waals surface area contributed by atoms with Gasteiger partial charge in [-0.25, -0.2) is 4.68 Å². The van der Waals surface area contributed by atoms with Gasteiger partial charge >= 0.3 is 0 Å². The lowest BCUT2D eigenvalue weighted by Gasteiger charge is -2.12. The normalized spacial score (nSPS) is 12.9. The molecular formula is C11H17N5O. The molecule has 0 radical (unpaired) electrons. The number of hydrogen-bond acceptors (Lipinski definition) is 4. The summed E-state index contributed by atoms with van der Waals surface area (Å²) in [6.45, 7) is 7.29. The zero-order valence-corrected chi connectivity index (χ0v) is 10.3. The second-order valence-electron chi connectivity index (χ2n) is 3.90. The predicted octanol–water partition coefficient (Wildman–Crippen LogP) is 0.905. The van der Waals surface area contributed by atoms with Gasteiger partial charge in [-0.2, -0.15) is 5.10 Å². The van der Waals surface area contributed by atoms with Crippen LogP contribution >= 0.6 is 0 Å². The summed E-state index contributed by atoms with van der Waals surface area (Å²) in [6, 6.07) is 1.89. The average Bonchev–Trinajstić information content (AvgIpc) is 2.93. The SMILES string of the molecule is CCn1nncc1C(O)c1cc(C)nn1CC. The quantitative estimate of drug-likeness (QED) is 0.855. The maximum absolute atomic E-state index is 10.4. The maximum Gasteiger partial charge on any atom is 0.139 e. The smallest absolute Gasteiger partial charge is 0.139 e. The van der Waals surface area contributed by atoms with Gasteiger partial charge in [0.1, 0.15) is 6.10 Å². The average molecular weight is 235 g/mol. The van der Waals surface area contributed by atoms with E-state index in [1.165, 1.54) is 0 Å². The van der Waals surface area contributed by atoms with Crippen LogP contribution in [0.2, 0.25) is 0 Å². The number of hydrogen-bond donors (Lipinski definition) is 1. The number of aromatic nitrogens is 5. The molecule has 0 aliphatic carbocycles. The first-order valence-corrected chi connectivity index (χ1v) is 5.78. The Morgan fingerprint density at radius 3 is 2.59 bits per heavy atom. The van der Waals surface area contributed by atoms with Crippen LogP contribution in [0.3, 0.4) is 0 Å². The van der Waals surface area contributed by atoms with Crippen molar-refractivity contribution in [2.45, 2.75) is 40.0 Å². The zero-order chi connectivity index (χ0) is 12.4. The van der Waals surface area contributed by atoms with Crippen LogP contribution in [0.1, 0.15) is 37.0 Å². The summed E-state index contributed by atoms with van der Waals surface area (Å²) in [7, 11) is 0. The van der Waals surface area contributed by atoms with Gasteiger partial charge in [0.2, 0.25) is 0 Å². The Balaban J connectivity index is 2.39. The van der Waals surface area contributed by atoms with Gasteiger partial charge in [-0.15, -0.1) is 5.10 Å². The van der Waals surface area contributed by atoms with Crippen LogP contribution in [0.25, 0.3) is 0 Å². The summed E-state index contributed by atoms with van der Waals surface area (Å²) in [5.74, 6) is 0. The van der Waals surface area contributed by atoms with E-state index in [4.69, 9.17) is 0 Å². The molecular weight excluding hydrogens is 218 g/mol. The fourth-order valence-corrected chi connectivity index (χ4v) is 1.91. The molecule has 2 rings (SSSR count). The van der Waals surface area contributed by atoms with Crippen LogP contribution < -0.4 is 0 Å². The third-order valence-electron chi connectivity index (χ3n) is 2.74. The van der Waals surface area contributed by atoms with Gasteiger partial charge in [0.25, 0.3) is 0 Å². The van der Waals surface area contributed by atoms with Crippen LogP contribution in [0.4, 0.5) is 0 Å². The van der Waals surface area contributed by atoms with Crippen molar-refractivity contribution in [3.05, 3.63) is 29.3 Å². The van der Waals surface area contributed by atoms with Crippen molar-refractivity contribution >= 4 is 0 Å². The van der Waals surface area contributed by atoms with E-state index < -0.39 is 6.10 Å². The van der Waals surface area contributed by atoms with E-state index in [1.807, 2.05) is 26.8 Å². The van der Waals surface area contributed by atoms with Gasteiger partial charge in [0.15, 0.2) is 0 Å². The minimum Gasteiger partial charge on any atom is -0.380 e. The van der Waals surface area contributed by atoms with Crippen molar-refractivity contribution in [3.8, 4) is 0 Å². The molecule has 0 bridgehead atoms. The fraction of sp³-hybridized carbons (Fsp3) is 0.545. The van der Waals surface area contributed by atoms with E-state index in [2.05, 4.69) is 15.4 Å². The highest BCUT2D eigenvalue weighted by atomic mass is 16.3. The third-order valence-corrected chi connectivity index (χ3v) is 2.74. The monoisotopic (exact) mass is 235 g/mol. The van der Waals surface area contributed by atoms with Crippen molar-refractivity contribution in [1.29, 1.82) is 0 Å². The van der Waals surface area contributed by atoms with Crippen LogP contribution in [-0.4, -0.2) is 29.9 Å². The fourth-order valence-electron chi connectivity index (χ4n) is 1.91. The largest absolute Gasteiger partial charge is 0.380 e. The summed E-state index contributed by atoms with van der Waals surface area (Å²) < 4.78 is 3.49. The lowest BCUT2D eigenvalue weighted by Crippen LogP contribution is -2.13. The Labute approximate surface area is 99.9 Å². The molecule has 6 nitrogen and oxygen atoms in total. The molecule has 17 heavy (non-hydrogen) atoms. The lowest BCUT2D eigenvalue weighted by molar-refractivity contribution is 0.196. The highest BCUT2D eigenvalue weighted by molar-refractivity contribution is 5.20. The molecule has 0 aliphatic heterocycles. The van der Waals surface area contributed by atoms with Gasteiger partial charge in [-0.05, 0) is 26.8 Å². The van der Waals surface area contributed by atoms with Crippen LogP contribution in [0.15, 0.2) is 12.3 Å². The van der Waals surface area contributed by atoms with Gasteiger partial charge in [-0.1, -0.05) is 5.21 Å². The number of nitrogens with zero attached hydrogens (tertiary/aromatic N) is 5. The van der Waals surface area contributed by atoms with Gasteiger partial charge in [-0.3, -0.25) is 4.68 Å². The van der Waals surface area contributed by atoms with Crippen molar-refractivity contribution in [2.75, 3.05) is 0 Å². The lowest BCUT2D eigenvalue weighted by atomic mass is 10.2. The molecule has 1 unspecified atom stereocenters. The Morgan fingerprint density at radius 1 is 1.24 bits per heavy atom. The van der Waals surface area contributed by atoms with Crippen molar-refractivity contribution in [1.82, 2.24) is 24.8 Å². The molecule has 0 saturated heterocycles. The molecule has 2 aromatic heterocycles.